The van der Waals surface area contributed by atoms with E-state index in [0.717, 1.165) is 23.8 Å². The van der Waals surface area contributed by atoms with Crippen molar-refractivity contribution < 1.29 is 0 Å². The molecular weight excluding hydrogens is 242 g/mol. The summed E-state index contributed by atoms with van der Waals surface area (Å²) < 4.78 is 1.86. The van der Waals surface area contributed by atoms with E-state index in [0.29, 0.717) is 6.04 Å². The molecule has 0 radical (unpaired) electrons. The van der Waals surface area contributed by atoms with Crippen LogP contribution in [0.25, 0.3) is 0 Å². The van der Waals surface area contributed by atoms with Gasteiger partial charge in [0.15, 0.2) is 0 Å². The van der Waals surface area contributed by atoms with E-state index in [1.165, 1.54) is 37.7 Å². The molecule has 1 aliphatic rings. The van der Waals surface area contributed by atoms with Gasteiger partial charge in [0.25, 0.3) is 0 Å². The first kappa shape index (κ1) is 13.9. The fourth-order valence-electron chi connectivity index (χ4n) is 2.53. The van der Waals surface area contributed by atoms with Gasteiger partial charge in [0.05, 0.1) is 6.20 Å². The number of hydrogen-bond acceptors (Lipinski definition) is 3. The molecule has 0 amide bonds. The van der Waals surface area contributed by atoms with Crippen LogP contribution in [-0.4, -0.2) is 26.8 Å². The van der Waals surface area contributed by atoms with Gasteiger partial charge < -0.3 is 5.73 Å². The second-order valence-corrected chi connectivity index (χ2v) is 6.75. The topological polar surface area (TPSA) is 43.8 Å². The Balaban J connectivity index is 1.61. The normalized spacial score (nSPS) is 19.0. The molecule has 0 bridgehead atoms. The quantitative estimate of drug-likeness (QED) is 0.862. The van der Waals surface area contributed by atoms with Gasteiger partial charge in [-0.3, -0.25) is 4.68 Å². The van der Waals surface area contributed by atoms with Crippen LogP contribution in [0.3, 0.4) is 0 Å². The maximum Gasteiger partial charge on any atom is 0.0521 e. The summed E-state index contributed by atoms with van der Waals surface area (Å²) in [6.07, 6.45) is 13.2. The van der Waals surface area contributed by atoms with Crippen LogP contribution < -0.4 is 5.73 Å². The molecule has 1 atom stereocenters. The molecule has 0 aliphatic heterocycles. The van der Waals surface area contributed by atoms with Crippen LogP contribution in [-0.2, 0) is 13.5 Å². The SMILES string of the molecule is Cn1cc(CCC(N)CSC2CCCCC2)cn1. The van der Waals surface area contributed by atoms with Crippen molar-refractivity contribution in [3.8, 4) is 0 Å². The van der Waals surface area contributed by atoms with Gasteiger partial charge in [0, 0.05) is 30.3 Å². The van der Waals surface area contributed by atoms with E-state index in [4.69, 9.17) is 5.73 Å². The molecule has 0 spiro atoms. The van der Waals surface area contributed by atoms with E-state index in [1.54, 1.807) is 0 Å². The molecule has 3 nitrogen and oxygen atoms in total. The molecule has 2 rings (SSSR count). The summed E-state index contributed by atoms with van der Waals surface area (Å²) in [6, 6.07) is 0.331. The molecule has 1 aliphatic carbocycles. The van der Waals surface area contributed by atoms with Crippen molar-refractivity contribution in [3.63, 3.8) is 0 Å². The van der Waals surface area contributed by atoms with Gasteiger partial charge in [-0.2, -0.15) is 16.9 Å². The third-order valence-corrected chi connectivity index (χ3v) is 5.22. The van der Waals surface area contributed by atoms with Gasteiger partial charge in [0.1, 0.15) is 0 Å². The lowest BCUT2D eigenvalue weighted by atomic mass is 10.0. The Morgan fingerprint density at radius 3 is 2.89 bits per heavy atom. The Bertz CT molecular complexity index is 345. The monoisotopic (exact) mass is 267 g/mol. The lowest BCUT2D eigenvalue weighted by Gasteiger charge is -2.22. The number of nitrogens with two attached hydrogens (primary N) is 1. The van der Waals surface area contributed by atoms with Crippen molar-refractivity contribution in [2.45, 2.75) is 56.2 Å². The average Bonchev–Trinajstić information content (AvgIpc) is 2.81. The lowest BCUT2D eigenvalue weighted by Crippen LogP contribution is -2.25. The molecule has 1 aromatic heterocycles. The van der Waals surface area contributed by atoms with Crippen LogP contribution in [0.5, 0.6) is 0 Å². The Morgan fingerprint density at radius 2 is 2.22 bits per heavy atom. The van der Waals surface area contributed by atoms with Gasteiger partial charge in [-0.1, -0.05) is 19.3 Å². The second-order valence-electron chi connectivity index (χ2n) is 5.41. The fourth-order valence-corrected chi connectivity index (χ4v) is 3.88. The minimum Gasteiger partial charge on any atom is -0.327 e. The number of nitrogens with zero attached hydrogens (tertiary/aromatic N) is 2. The standard InChI is InChI=1S/C14H25N3S/c1-17-10-12(9-16-17)7-8-13(15)11-18-14-5-3-2-4-6-14/h9-10,13-14H,2-8,11,15H2,1H3. The zero-order valence-electron chi connectivity index (χ0n) is 11.3. The Hall–Kier alpha value is -0.480. The third kappa shape index (κ3) is 4.65. The minimum absolute atomic E-state index is 0.331. The smallest absolute Gasteiger partial charge is 0.0521 e. The molecule has 1 fully saturated rings. The maximum absolute atomic E-state index is 6.20. The summed E-state index contributed by atoms with van der Waals surface area (Å²) in [5.74, 6) is 1.12. The molecule has 102 valence electrons. The van der Waals surface area contributed by atoms with Gasteiger partial charge in [-0.25, -0.2) is 0 Å². The van der Waals surface area contributed by atoms with Gasteiger partial charge in [-0.15, -0.1) is 0 Å². The third-order valence-electron chi connectivity index (χ3n) is 3.66. The highest BCUT2D eigenvalue weighted by Crippen LogP contribution is 2.28. The van der Waals surface area contributed by atoms with Gasteiger partial charge >= 0.3 is 0 Å². The highest BCUT2D eigenvalue weighted by molar-refractivity contribution is 7.99. The number of aryl methyl sites for hydroxylation is 2. The number of aromatic nitrogens is 2. The summed E-state index contributed by atoms with van der Waals surface area (Å²) in [4.78, 5) is 0. The minimum atomic E-state index is 0.331. The molecule has 18 heavy (non-hydrogen) atoms. The zero-order valence-corrected chi connectivity index (χ0v) is 12.2. The molecule has 0 aromatic carbocycles. The number of thioether (sulfide) groups is 1. The highest BCUT2D eigenvalue weighted by atomic mass is 32.2. The molecule has 1 unspecified atom stereocenters. The van der Waals surface area contributed by atoms with E-state index >= 15 is 0 Å². The average molecular weight is 267 g/mol. The Kier molecular flexibility index (Phi) is 5.57. The molecular formula is C14H25N3S. The molecule has 4 heteroatoms. The largest absolute Gasteiger partial charge is 0.327 e. The summed E-state index contributed by atoms with van der Waals surface area (Å²) in [7, 11) is 1.96. The first-order valence-electron chi connectivity index (χ1n) is 7.09. The highest BCUT2D eigenvalue weighted by Gasteiger charge is 2.15. The van der Waals surface area contributed by atoms with Crippen LogP contribution in [0.15, 0.2) is 12.4 Å². The van der Waals surface area contributed by atoms with Crippen molar-refractivity contribution in [1.82, 2.24) is 9.78 Å². The fraction of sp³-hybridized carbons (Fsp3) is 0.786. The van der Waals surface area contributed by atoms with E-state index in [-0.39, 0.29) is 0 Å². The van der Waals surface area contributed by atoms with Crippen molar-refractivity contribution in [1.29, 1.82) is 0 Å². The summed E-state index contributed by atoms with van der Waals surface area (Å²) in [5, 5.41) is 5.06. The second kappa shape index (κ2) is 7.19. The van der Waals surface area contributed by atoms with Crippen LogP contribution in [0, 0.1) is 0 Å². The molecule has 1 saturated carbocycles. The van der Waals surface area contributed by atoms with Crippen LogP contribution in [0.4, 0.5) is 0 Å². The Morgan fingerprint density at radius 1 is 1.44 bits per heavy atom. The van der Waals surface area contributed by atoms with Crippen molar-refractivity contribution in [3.05, 3.63) is 18.0 Å². The van der Waals surface area contributed by atoms with E-state index in [9.17, 15) is 0 Å². The van der Waals surface area contributed by atoms with Crippen LogP contribution >= 0.6 is 11.8 Å². The van der Waals surface area contributed by atoms with Gasteiger partial charge in [-0.05, 0) is 31.2 Å². The Labute approximate surface area is 115 Å². The van der Waals surface area contributed by atoms with Crippen molar-refractivity contribution in [2.75, 3.05) is 5.75 Å². The lowest BCUT2D eigenvalue weighted by molar-refractivity contribution is 0.515. The predicted molar refractivity (Wildman–Crippen MR) is 78.8 cm³/mol. The predicted octanol–water partition coefficient (Wildman–Crippen LogP) is 2.75. The summed E-state index contributed by atoms with van der Waals surface area (Å²) >= 11 is 2.10. The zero-order chi connectivity index (χ0) is 12.8. The summed E-state index contributed by atoms with van der Waals surface area (Å²) in [6.45, 7) is 0. The van der Waals surface area contributed by atoms with E-state index in [1.807, 2.05) is 17.9 Å². The van der Waals surface area contributed by atoms with Crippen LogP contribution in [0.2, 0.25) is 0 Å². The molecule has 2 N–H and O–H groups in total. The van der Waals surface area contributed by atoms with Gasteiger partial charge in [0.2, 0.25) is 0 Å². The summed E-state index contributed by atoms with van der Waals surface area (Å²) in [5.41, 5.74) is 7.50. The van der Waals surface area contributed by atoms with Crippen LogP contribution in [0.1, 0.15) is 44.1 Å². The van der Waals surface area contributed by atoms with E-state index < -0.39 is 0 Å². The first-order valence-corrected chi connectivity index (χ1v) is 8.13. The molecule has 0 saturated heterocycles. The van der Waals surface area contributed by atoms with E-state index in [2.05, 4.69) is 23.1 Å². The maximum atomic E-state index is 6.20. The van der Waals surface area contributed by atoms with Crippen molar-refractivity contribution in [2.24, 2.45) is 12.8 Å². The molecule has 1 heterocycles. The number of rotatable bonds is 6. The first-order chi connectivity index (χ1) is 8.74. The van der Waals surface area contributed by atoms with Crippen molar-refractivity contribution >= 4 is 11.8 Å². The molecule has 1 aromatic rings. The number of hydrogen-bond donors (Lipinski definition) is 1.